The van der Waals surface area contributed by atoms with Crippen LogP contribution in [0, 0.1) is 5.92 Å². The van der Waals surface area contributed by atoms with Gasteiger partial charge >= 0.3 is 0 Å². The summed E-state index contributed by atoms with van der Waals surface area (Å²) in [6, 6.07) is 8.47. The first kappa shape index (κ1) is 15.4. The molecular formula is C16H23BrN2O2. The van der Waals surface area contributed by atoms with Gasteiger partial charge in [0.25, 0.3) is 0 Å². The minimum Gasteiger partial charge on any atom is -0.381 e. The second-order valence-electron chi connectivity index (χ2n) is 6.06. The highest BCUT2D eigenvalue weighted by Crippen LogP contribution is 2.42. The van der Waals surface area contributed by atoms with Crippen LogP contribution in [0.2, 0.25) is 0 Å². The van der Waals surface area contributed by atoms with E-state index in [0.717, 1.165) is 50.0 Å². The van der Waals surface area contributed by atoms with Gasteiger partial charge in [-0.3, -0.25) is 11.3 Å². The molecule has 2 unspecified atom stereocenters. The van der Waals surface area contributed by atoms with Gasteiger partial charge in [-0.1, -0.05) is 34.1 Å². The average molecular weight is 355 g/mol. The number of hydrazine groups is 1. The van der Waals surface area contributed by atoms with Crippen LogP contribution in [-0.2, 0) is 9.47 Å². The van der Waals surface area contributed by atoms with Crippen molar-refractivity contribution in [1.82, 2.24) is 5.43 Å². The summed E-state index contributed by atoms with van der Waals surface area (Å²) in [6.45, 7) is 2.43. The Labute approximate surface area is 134 Å². The largest absolute Gasteiger partial charge is 0.381 e. The standard InChI is InChI=1S/C16H23BrN2O2/c17-14-4-2-1-3-13(14)15(19-18)12-5-8-21-16(11-12)6-9-20-10-7-16/h1-4,12,15,19H,5-11,18H2. The third-order valence-electron chi connectivity index (χ3n) is 4.83. The molecule has 21 heavy (non-hydrogen) atoms. The summed E-state index contributed by atoms with van der Waals surface area (Å²) in [6.07, 6.45) is 4.08. The molecule has 2 aliphatic rings. The summed E-state index contributed by atoms with van der Waals surface area (Å²) in [5.41, 5.74) is 4.26. The fourth-order valence-corrected chi connectivity index (χ4v) is 4.18. The Kier molecular flexibility index (Phi) is 4.96. The predicted octanol–water partition coefficient (Wildman–Crippen LogP) is 2.93. The normalized spacial score (nSPS) is 26.7. The van der Waals surface area contributed by atoms with Crippen molar-refractivity contribution in [3.63, 3.8) is 0 Å². The zero-order valence-electron chi connectivity index (χ0n) is 12.2. The summed E-state index contributed by atoms with van der Waals surface area (Å²) < 4.78 is 12.7. The van der Waals surface area contributed by atoms with Gasteiger partial charge in [-0.05, 0) is 43.2 Å². The lowest BCUT2D eigenvalue weighted by molar-refractivity contribution is -0.150. The van der Waals surface area contributed by atoms with Crippen LogP contribution in [-0.4, -0.2) is 25.4 Å². The van der Waals surface area contributed by atoms with E-state index in [2.05, 4.69) is 39.6 Å². The third-order valence-corrected chi connectivity index (χ3v) is 5.55. The molecule has 2 heterocycles. The maximum absolute atomic E-state index is 6.14. The maximum atomic E-state index is 6.14. The molecule has 3 rings (SSSR count). The van der Waals surface area contributed by atoms with Gasteiger partial charge in [-0.15, -0.1) is 0 Å². The predicted molar refractivity (Wildman–Crippen MR) is 85.7 cm³/mol. The van der Waals surface area contributed by atoms with E-state index in [1.807, 2.05) is 6.07 Å². The summed E-state index contributed by atoms with van der Waals surface area (Å²) in [5, 5.41) is 0. The molecule has 2 fully saturated rings. The van der Waals surface area contributed by atoms with Crippen molar-refractivity contribution in [2.45, 2.75) is 37.3 Å². The van der Waals surface area contributed by atoms with Gasteiger partial charge in [0, 0.05) is 24.3 Å². The number of benzene rings is 1. The summed E-state index contributed by atoms with van der Waals surface area (Å²) >= 11 is 3.65. The van der Waals surface area contributed by atoms with E-state index >= 15 is 0 Å². The Morgan fingerprint density at radius 1 is 1.24 bits per heavy atom. The fraction of sp³-hybridized carbons (Fsp3) is 0.625. The van der Waals surface area contributed by atoms with E-state index < -0.39 is 0 Å². The monoisotopic (exact) mass is 354 g/mol. The Morgan fingerprint density at radius 3 is 2.71 bits per heavy atom. The molecule has 116 valence electrons. The summed E-state index contributed by atoms with van der Waals surface area (Å²) in [4.78, 5) is 0. The van der Waals surface area contributed by atoms with Gasteiger partial charge in [0.2, 0.25) is 0 Å². The first-order valence-corrected chi connectivity index (χ1v) is 8.46. The molecule has 4 nitrogen and oxygen atoms in total. The maximum Gasteiger partial charge on any atom is 0.0729 e. The number of rotatable bonds is 3. The zero-order valence-corrected chi connectivity index (χ0v) is 13.8. The van der Waals surface area contributed by atoms with Gasteiger partial charge in [0.1, 0.15) is 0 Å². The van der Waals surface area contributed by atoms with Crippen molar-refractivity contribution in [2.24, 2.45) is 11.8 Å². The molecule has 0 saturated carbocycles. The van der Waals surface area contributed by atoms with Gasteiger partial charge in [0.05, 0.1) is 11.6 Å². The molecular weight excluding hydrogens is 332 g/mol. The lowest BCUT2D eigenvalue weighted by Crippen LogP contribution is -2.47. The number of hydrogen-bond acceptors (Lipinski definition) is 4. The average Bonchev–Trinajstić information content (AvgIpc) is 2.51. The van der Waals surface area contributed by atoms with Crippen molar-refractivity contribution in [3.05, 3.63) is 34.3 Å². The summed E-state index contributed by atoms with van der Waals surface area (Å²) in [5.74, 6) is 6.37. The van der Waals surface area contributed by atoms with Crippen molar-refractivity contribution in [2.75, 3.05) is 19.8 Å². The minimum absolute atomic E-state index is 0.00246. The Morgan fingerprint density at radius 2 is 2.00 bits per heavy atom. The molecule has 1 aromatic carbocycles. The van der Waals surface area contributed by atoms with Crippen LogP contribution < -0.4 is 11.3 Å². The topological polar surface area (TPSA) is 56.5 Å². The smallest absolute Gasteiger partial charge is 0.0729 e. The van der Waals surface area contributed by atoms with Crippen LogP contribution in [0.25, 0.3) is 0 Å². The first-order valence-electron chi connectivity index (χ1n) is 7.66. The van der Waals surface area contributed by atoms with E-state index in [-0.39, 0.29) is 11.6 Å². The van der Waals surface area contributed by atoms with Gasteiger partial charge in [-0.2, -0.15) is 0 Å². The van der Waals surface area contributed by atoms with Crippen LogP contribution in [0.15, 0.2) is 28.7 Å². The third kappa shape index (κ3) is 3.32. The molecule has 0 radical (unpaired) electrons. The molecule has 2 aliphatic heterocycles. The number of halogens is 1. The highest BCUT2D eigenvalue weighted by Gasteiger charge is 2.41. The van der Waals surface area contributed by atoms with Crippen molar-refractivity contribution >= 4 is 15.9 Å². The second kappa shape index (κ2) is 6.75. The molecule has 2 saturated heterocycles. The number of nitrogens with one attached hydrogen (secondary N) is 1. The van der Waals surface area contributed by atoms with Crippen LogP contribution in [0.1, 0.15) is 37.3 Å². The Balaban J connectivity index is 1.79. The first-order chi connectivity index (χ1) is 10.2. The lowest BCUT2D eigenvalue weighted by Gasteiger charge is -2.45. The molecule has 2 atom stereocenters. The van der Waals surface area contributed by atoms with Gasteiger partial charge in [-0.25, -0.2) is 0 Å². The molecule has 0 aromatic heterocycles. The van der Waals surface area contributed by atoms with E-state index in [1.54, 1.807) is 0 Å². The Hall–Kier alpha value is -0.460. The van der Waals surface area contributed by atoms with E-state index in [4.69, 9.17) is 15.3 Å². The van der Waals surface area contributed by atoms with Crippen LogP contribution in [0.3, 0.4) is 0 Å². The molecule has 1 aromatic rings. The van der Waals surface area contributed by atoms with E-state index in [1.165, 1.54) is 5.56 Å². The molecule has 0 bridgehead atoms. The van der Waals surface area contributed by atoms with Gasteiger partial charge in [0.15, 0.2) is 0 Å². The quantitative estimate of drug-likeness (QED) is 0.647. The van der Waals surface area contributed by atoms with Crippen molar-refractivity contribution in [1.29, 1.82) is 0 Å². The highest BCUT2D eigenvalue weighted by atomic mass is 79.9. The minimum atomic E-state index is -0.00246. The molecule has 3 N–H and O–H groups in total. The van der Waals surface area contributed by atoms with Crippen LogP contribution >= 0.6 is 15.9 Å². The fourth-order valence-electron chi connectivity index (χ4n) is 3.65. The number of hydrogen-bond donors (Lipinski definition) is 2. The molecule has 1 spiro atoms. The second-order valence-corrected chi connectivity index (χ2v) is 6.92. The van der Waals surface area contributed by atoms with Crippen molar-refractivity contribution in [3.8, 4) is 0 Å². The van der Waals surface area contributed by atoms with E-state index in [9.17, 15) is 0 Å². The number of nitrogens with two attached hydrogens (primary N) is 1. The lowest BCUT2D eigenvalue weighted by atomic mass is 9.76. The molecule has 0 aliphatic carbocycles. The van der Waals surface area contributed by atoms with Crippen molar-refractivity contribution < 1.29 is 9.47 Å². The van der Waals surface area contributed by atoms with E-state index in [0.29, 0.717) is 5.92 Å². The van der Waals surface area contributed by atoms with Crippen LogP contribution in [0.4, 0.5) is 0 Å². The zero-order chi connectivity index (χ0) is 14.7. The Bertz CT molecular complexity index is 472. The highest BCUT2D eigenvalue weighted by molar-refractivity contribution is 9.10. The molecule has 0 amide bonds. The number of ether oxygens (including phenoxy) is 2. The van der Waals surface area contributed by atoms with Gasteiger partial charge < -0.3 is 9.47 Å². The SMILES string of the molecule is NNC(c1ccccc1Br)C1CCOC2(CCOCC2)C1. The van der Waals surface area contributed by atoms with Crippen LogP contribution in [0.5, 0.6) is 0 Å². The summed E-state index contributed by atoms with van der Waals surface area (Å²) in [7, 11) is 0. The molecule has 5 heteroatoms.